The Morgan fingerprint density at radius 2 is 0.783 bits per heavy atom. The first kappa shape index (κ1) is 36.0. The van der Waals surface area contributed by atoms with E-state index in [-0.39, 0.29) is 27.3 Å². The lowest BCUT2D eigenvalue weighted by Gasteiger charge is -2.21. The topological polar surface area (TPSA) is 51.8 Å². The molecule has 2 heterocycles. The molecule has 60 heavy (non-hydrogen) atoms. The molecule has 2 aromatic heterocycles. The number of fused-ring (bicyclic) bond motifs is 9. The highest BCUT2D eigenvalue weighted by Gasteiger charge is 2.21. The molecule has 10 radical (unpaired) electrons. The standard InChI is InChI=1S/C51H26B5N3O/c52-44-41(45(53)47(55)48(56)46(44)54)29-13-8-14-30(25-29)50-57-49(27-11-2-1-3-12-27)58-51(59-50)37-20-10-22-40-43(37)42-31(19-9-21-39(42)60-40)28-23-24-36-34-17-5-4-15-32(34)33-16-6-7-18-35(33)38(36)26-28/h1-26H. The van der Waals surface area contributed by atoms with E-state index in [0.717, 1.165) is 44.2 Å². The number of rotatable bonds is 5. The van der Waals surface area contributed by atoms with Crippen molar-refractivity contribution < 1.29 is 4.42 Å². The molecule has 0 atom stereocenters. The van der Waals surface area contributed by atoms with Gasteiger partial charge in [-0.15, -0.1) is 16.4 Å². The van der Waals surface area contributed by atoms with Crippen molar-refractivity contribution in [3.05, 3.63) is 158 Å². The molecule has 0 saturated carbocycles. The minimum atomic E-state index is 0.159. The molecule has 266 valence electrons. The molecule has 0 aliphatic rings. The van der Waals surface area contributed by atoms with Crippen LogP contribution in [-0.4, -0.2) is 54.2 Å². The fraction of sp³-hybridized carbons (Fsp3) is 0. The van der Waals surface area contributed by atoms with Gasteiger partial charge in [-0.1, -0.05) is 144 Å². The van der Waals surface area contributed by atoms with Gasteiger partial charge in [0, 0.05) is 27.5 Å². The summed E-state index contributed by atoms with van der Waals surface area (Å²) in [5.74, 6) is 1.45. The van der Waals surface area contributed by atoms with Crippen molar-refractivity contribution in [2.75, 3.05) is 0 Å². The number of nitrogens with zero attached hydrogens (tertiary/aromatic N) is 3. The summed E-state index contributed by atoms with van der Waals surface area (Å²) in [6, 6.07) is 53.7. The second-order valence-corrected chi connectivity index (χ2v) is 15.0. The van der Waals surface area contributed by atoms with Gasteiger partial charge in [0.25, 0.3) is 0 Å². The fourth-order valence-electron chi connectivity index (χ4n) is 8.68. The second-order valence-electron chi connectivity index (χ2n) is 15.0. The first-order valence-corrected chi connectivity index (χ1v) is 19.6. The largest absolute Gasteiger partial charge is 0.456 e. The zero-order valence-electron chi connectivity index (χ0n) is 32.1. The van der Waals surface area contributed by atoms with Crippen molar-refractivity contribution in [2.45, 2.75) is 0 Å². The molecule has 0 aliphatic heterocycles. The van der Waals surface area contributed by atoms with E-state index < -0.39 is 0 Å². The normalized spacial score (nSPS) is 11.7. The van der Waals surface area contributed by atoms with E-state index in [4.69, 9.17) is 58.6 Å². The molecule has 0 saturated heterocycles. The monoisotopic (exact) mass is 751 g/mol. The molecule has 0 spiro atoms. The highest BCUT2D eigenvalue weighted by molar-refractivity contribution is 6.68. The van der Waals surface area contributed by atoms with Gasteiger partial charge in [0.05, 0.1) is 0 Å². The van der Waals surface area contributed by atoms with Crippen molar-refractivity contribution in [3.8, 4) is 56.4 Å². The first-order valence-electron chi connectivity index (χ1n) is 19.6. The molecule has 11 rings (SSSR count). The molecular weight excluding hydrogens is 725 g/mol. The highest BCUT2D eigenvalue weighted by atomic mass is 16.3. The third-order valence-electron chi connectivity index (χ3n) is 11.6. The lowest BCUT2D eigenvalue weighted by atomic mass is 9.59. The number of benzene rings is 9. The Morgan fingerprint density at radius 1 is 0.317 bits per heavy atom. The van der Waals surface area contributed by atoms with E-state index in [0.29, 0.717) is 34.2 Å². The van der Waals surface area contributed by atoms with Crippen LogP contribution >= 0.6 is 0 Å². The van der Waals surface area contributed by atoms with Gasteiger partial charge in [0.2, 0.25) is 0 Å². The Balaban J connectivity index is 1.14. The smallest absolute Gasteiger partial charge is 0.164 e. The minimum Gasteiger partial charge on any atom is -0.456 e. The number of hydrogen-bond acceptors (Lipinski definition) is 4. The summed E-state index contributed by atoms with van der Waals surface area (Å²) in [6.45, 7) is 0. The van der Waals surface area contributed by atoms with Crippen LogP contribution in [0.1, 0.15) is 0 Å². The zero-order valence-corrected chi connectivity index (χ0v) is 32.1. The molecule has 0 N–H and O–H groups in total. The SMILES string of the molecule is [B]c1c([B])c([B])c(-c2cccc(-c3nc(-c4ccccc4)nc(-c4cccc5oc6cccc(-c7ccc8c9ccccc9c9ccccc9c8c7)c6c45)n3)c2)c([B])c1[B]. The van der Waals surface area contributed by atoms with E-state index in [1.807, 2.05) is 84.9 Å². The lowest BCUT2D eigenvalue weighted by molar-refractivity contribution is 0.669. The second kappa shape index (κ2) is 14.0. The van der Waals surface area contributed by atoms with Crippen molar-refractivity contribution in [3.63, 3.8) is 0 Å². The van der Waals surface area contributed by atoms with Crippen LogP contribution in [0.5, 0.6) is 0 Å². The molecule has 0 bridgehead atoms. The Kier molecular flexibility index (Phi) is 8.42. The maximum Gasteiger partial charge on any atom is 0.164 e. The third kappa shape index (κ3) is 5.64. The van der Waals surface area contributed by atoms with Gasteiger partial charge in [0.15, 0.2) is 17.5 Å². The van der Waals surface area contributed by atoms with Crippen molar-refractivity contribution in [1.29, 1.82) is 0 Å². The van der Waals surface area contributed by atoms with Crippen molar-refractivity contribution in [1.82, 2.24) is 15.0 Å². The van der Waals surface area contributed by atoms with Crippen molar-refractivity contribution in [2.24, 2.45) is 0 Å². The predicted molar refractivity (Wildman–Crippen MR) is 254 cm³/mol. The Bertz CT molecular complexity index is 3500. The molecule has 4 nitrogen and oxygen atoms in total. The summed E-state index contributed by atoms with van der Waals surface area (Å²) >= 11 is 0. The summed E-state index contributed by atoms with van der Waals surface area (Å²) in [6.07, 6.45) is 0. The molecule has 0 amide bonds. The summed E-state index contributed by atoms with van der Waals surface area (Å²) < 4.78 is 6.61. The molecule has 0 fully saturated rings. The lowest BCUT2D eigenvalue weighted by Crippen LogP contribution is -2.55. The van der Waals surface area contributed by atoms with E-state index in [2.05, 4.69) is 72.8 Å². The van der Waals surface area contributed by atoms with Crippen molar-refractivity contribution >= 4 is 121 Å². The van der Waals surface area contributed by atoms with Crippen LogP contribution in [0.4, 0.5) is 0 Å². The summed E-state index contributed by atoms with van der Waals surface area (Å²) in [5, 5.41) is 9.19. The van der Waals surface area contributed by atoms with Crippen LogP contribution in [0, 0.1) is 0 Å². The van der Waals surface area contributed by atoms with E-state index in [1.54, 1.807) is 0 Å². The Labute approximate surface area is 352 Å². The average Bonchev–Trinajstić information content (AvgIpc) is 3.70. The summed E-state index contributed by atoms with van der Waals surface area (Å²) in [7, 11) is 31.7. The molecule has 0 aliphatic carbocycles. The van der Waals surface area contributed by atoms with Crippen LogP contribution < -0.4 is 27.3 Å². The molecule has 11 aromatic rings. The van der Waals surface area contributed by atoms with E-state index >= 15 is 0 Å². The zero-order chi connectivity index (χ0) is 40.6. The van der Waals surface area contributed by atoms with Crippen LogP contribution in [0.2, 0.25) is 0 Å². The average molecular weight is 751 g/mol. The van der Waals surface area contributed by atoms with Gasteiger partial charge in [-0.2, -0.15) is 0 Å². The van der Waals surface area contributed by atoms with Crippen LogP contribution in [-0.2, 0) is 0 Å². The molecule has 9 heteroatoms. The van der Waals surface area contributed by atoms with Gasteiger partial charge in [-0.25, -0.2) is 15.0 Å². The van der Waals surface area contributed by atoms with E-state index in [1.165, 1.54) is 32.3 Å². The number of aromatic nitrogens is 3. The van der Waals surface area contributed by atoms with Gasteiger partial charge in [-0.05, 0) is 78.8 Å². The Hall–Kier alpha value is -7.11. The van der Waals surface area contributed by atoms with Gasteiger partial charge in [-0.3, -0.25) is 0 Å². The fourth-order valence-corrected chi connectivity index (χ4v) is 8.68. The maximum absolute atomic E-state index is 6.61. The van der Waals surface area contributed by atoms with Crippen LogP contribution in [0.3, 0.4) is 0 Å². The maximum atomic E-state index is 6.61. The first-order chi connectivity index (χ1) is 29.3. The number of furan rings is 1. The highest BCUT2D eigenvalue weighted by Crippen LogP contribution is 2.43. The van der Waals surface area contributed by atoms with E-state index in [9.17, 15) is 0 Å². The predicted octanol–water partition coefficient (Wildman–Crippen LogP) is 7.53. The van der Waals surface area contributed by atoms with Gasteiger partial charge >= 0.3 is 0 Å². The Morgan fingerprint density at radius 3 is 1.43 bits per heavy atom. The van der Waals surface area contributed by atoms with Gasteiger partial charge < -0.3 is 4.42 Å². The molecule has 9 aromatic carbocycles. The number of hydrogen-bond donors (Lipinski definition) is 0. The quantitative estimate of drug-likeness (QED) is 0.135. The molecular formula is C51H26B5N3O. The molecule has 0 unspecified atom stereocenters. The summed E-state index contributed by atoms with van der Waals surface area (Å²) in [5.41, 5.74) is 8.17. The van der Waals surface area contributed by atoms with Crippen LogP contribution in [0.15, 0.2) is 162 Å². The van der Waals surface area contributed by atoms with Gasteiger partial charge in [0.1, 0.15) is 50.4 Å². The minimum absolute atomic E-state index is 0.159. The third-order valence-corrected chi connectivity index (χ3v) is 11.6. The van der Waals surface area contributed by atoms with Crippen LogP contribution in [0.25, 0.3) is 111 Å². The summed E-state index contributed by atoms with van der Waals surface area (Å²) in [4.78, 5) is 15.3.